The molecular weight excluding hydrogens is 236 g/mol. The monoisotopic (exact) mass is 246 g/mol. The fourth-order valence-corrected chi connectivity index (χ4v) is 1.98. The van der Waals surface area contributed by atoms with Crippen LogP contribution in [0, 0.1) is 11.3 Å². The third kappa shape index (κ3) is 2.09. The molecule has 0 amide bonds. The van der Waals surface area contributed by atoms with Crippen LogP contribution in [-0.4, -0.2) is 15.4 Å². The topological polar surface area (TPSA) is 65.4 Å². The van der Waals surface area contributed by atoms with Gasteiger partial charge in [0.1, 0.15) is 11.8 Å². The first-order valence-corrected chi connectivity index (χ1v) is 5.85. The number of hydrogen-bond donors (Lipinski definition) is 1. The van der Waals surface area contributed by atoms with Gasteiger partial charge in [-0.25, -0.2) is 5.10 Å². The summed E-state index contributed by atoms with van der Waals surface area (Å²) in [6, 6.07) is 20.0. The zero-order valence-corrected chi connectivity index (χ0v) is 10.0. The zero-order chi connectivity index (χ0) is 13.1. The van der Waals surface area contributed by atoms with E-state index >= 15 is 0 Å². The second-order valence-electron chi connectivity index (χ2n) is 4.09. The molecule has 0 aliphatic carbocycles. The number of benzene rings is 2. The van der Waals surface area contributed by atoms with E-state index in [-0.39, 0.29) is 0 Å². The summed E-state index contributed by atoms with van der Waals surface area (Å²) in [5.41, 5.74) is 4.06. The summed E-state index contributed by atoms with van der Waals surface area (Å²) in [5, 5.41) is 19.2. The van der Waals surface area contributed by atoms with Gasteiger partial charge in [0.2, 0.25) is 0 Å². The van der Waals surface area contributed by atoms with Crippen molar-refractivity contribution in [2.75, 3.05) is 0 Å². The lowest BCUT2D eigenvalue weighted by atomic mass is 10.0. The predicted octanol–water partition coefficient (Wildman–Crippen LogP) is 3.01. The van der Waals surface area contributed by atoms with Crippen molar-refractivity contribution >= 4 is 0 Å². The van der Waals surface area contributed by atoms with Crippen molar-refractivity contribution < 1.29 is 0 Å². The maximum Gasteiger partial charge on any atom is 0.163 e. The Balaban J connectivity index is 2.09. The van der Waals surface area contributed by atoms with E-state index in [9.17, 15) is 0 Å². The van der Waals surface area contributed by atoms with E-state index in [1.165, 1.54) is 0 Å². The molecule has 4 heteroatoms. The molecule has 0 atom stereocenters. The fraction of sp³-hybridized carbons (Fsp3) is 0. The number of aromatic amines is 1. The molecule has 0 saturated carbocycles. The molecule has 4 nitrogen and oxygen atoms in total. The van der Waals surface area contributed by atoms with E-state index in [2.05, 4.69) is 21.5 Å². The number of aromatic nitrogens is 3. The second kappa shape index (κ2) is 4.75. The van der Waals surface area contributed by atoms with Crippen LogP contribution in [0.3, 0.4) is 0 Å². The second-order valence-corrected chi connectivity index (χ2v) is 4.09. The highest BCUT2D eigenvalue weighted by Crippen LogP contribution is 2.25. The van der Waals surface area contributed by atoms with Crippen LogP contribution in [0.2, 0.25) is 0 Å². The van der Waals surface area contributed by atoms with Gasteiger partial charge in [0.25, 0.3) is 0 Å². The smallest absolute Gasteiger partial charge is 0.163 e. The van der Waals surface area contributed by atoms with Crippen LogP contribution in [0.1, 0.15) is 5.69 Å². The van der Waals surface area contributed by atoms with Gasteiger partial charge >= 0.3 is 0 Å². The average molecular weight is 246 g/mol. The fourth-order valence-electron chi connectivity index (χ4n) is 1.98. The summed E-state index contributed by atoms with van der Waals surface area (Å²) in [4.78, 5) is 0. The SMILES string of the molecule is N#Cc1[nH]nnc1-c1cccc(-c2ccccc2)c1. The van der Waals surface area contributed by atoms with E-state index < -0.39 is 0 Å². The quantitative estimate of drug-likeness (QED) is 0.755. The van der Waals surface area contributed by atoms with E-state index in [1.807, 2.05) is 54.6 Å². The molecular formula is C15H10N4. The molecule has 3 aromatic rings. The van der Waals surface area contributed by atoms with E-state index in [0.717, 1.165) is 16.7 Å². The Kier molecular flexibility index (Phi) is 2.79. The molecule has 1 aromatic heterocycles. The van der Waals surface area contributed by atoms with Crippen molar-refractivity contribution in [3.05, 3.63) is 60.3 Å². The largest absolute Gasteiger partial charge is 0.247 e. The van der Waals surface area contributed by atoms with Crippen molar-refractivity contribution in [2.45, 2.75) is 0 Å². The highest BCUT2D eigenvalue weighted by molar-refractivity contribution is 5.73. The highest BCUT2D eigenvalue weighted by Gasteiger charge is 2.09. The van der Waals surface area contributed by atoms with Crippen molar-refractivity contribution in [2.24, 2.45) is 0 Å². The van der Waals surface area contributed by atoms with E-state index in [1.54, 1.807) is 0 Å². The van der Waals surface area contributed by atoms with Gasteiger partial charge in [0.05, 0.1) is 0 Å². The van der Waals surface area contributed by atoms with Crippen LogP contribution in [-0.2, 0) is 0 Å². The minimum absolute atomic E-state index is 0.380. The predicted molar refractivity (Wildman–Crippen MR) is 72.0 cm³/mol. The van der Waals surface area contributed by atoms with Gasteiger partial charge in [0.15, 0.2) is 5.69 Å². The highest BCUT2D eigenvalue weighted by atomic mass is 15.3. The van der Waals surface area contributed by atoms with Crippen LogP contribution < -0.4 is 0 Å². The molecule has 0 radical (unpaired) electrons. The van der Waals surface area contributed by atoms with E-state index in [0.29, 0.717) is 11.4 Å². The van der Waals surface area contributed by atoms with Gasteiger partial charge in [-0.05, 0) is 17.2 Å². The third-order valence-electron chi connectivity index (χ3n) is 2.90. The molecule has 0 bridgehead atoms. The molecule has 3 rings (SSSR count). The van der Waals surface area contributed by atoms with Gasteiger partial charge < -0.3 is 0 Å². The maximum absolute atomic E-state index is 8.99. The molecule has 0 aliphatic rings. The standard InChI is InChI=1S/C15H10N4/c16-10-14-15(18-19-17-14)13-8-4-7-12(9-13)11-5-2-1-3-6-11/h1-9H,(H,17,18,19). The van der Waals surface area contributed by atoms with Crippen LogP contribution in [0.15, 0.2) is 54.6 Å². The molecule has 0 fully saturated rings. The Morgan fingerprint density at radius 3 is 2.42 bits per heavy atom. The molecule has 90 valence electrons. The molecule has 19 heavy (non-hydrogen) atoms. The van der Waals surface area contributed by atoms with Crippen LogP contribution in [0.5, 0.6) is 0 Å². The average Bonchev–Trinajstić information content (AvgIpc) is 2.97. The summed E-state index contributed by atoms with van der Waals surface area (Å²) in [7, 11) is 0. The molecule has 0 unspecified atom stereocenters. The number of nitrogens with zero attached hydrogens (tertiary/aromatic N) is 3. The zero-order valence-electron chi connectivity index (χ0n) is 10.0. The van der Waals surface area contributed by atoms with Gasteiger partial charge in [-0.15, -0.1) is 5.10 Å². The number of hydrogen-bond acceptors (Lipinski definition) is 3. The van der Waals surface area contributed by atoms with E-state index in [4.69, 9.17) is 5.26 Å². The Morgan fingerprint density at radius 2 is 1.63 bits per heavy atom. The Morgan fingerprint density at radius 1 is 0.895 bits per heavy atom. The first-order chi connectivity index (χ1) is 9.38. The first-order valence-electron chi connectivity index (χ1n) is 5.85. The molecule has 1 N–H and O–H groups in total. The van der Waals surface area contributed by atoms with Crippen LogP contribution in [0.4, 0.5) is 0 Å². The molecule has 0 aliphatic heterocycles. The molecule has 0 spiro atoms. The minimum atomic E-state index is 0.380. The third-order valence-corrected chi connectivity index (χ3v) is 2.90. The number of rotatable bonds is 2. The number of nitriles is 1. The van der Waals surface area contributed by atoms with Crippen LogP contribution in [0.25, 0.3) is 22.4 Å². The summed E-state index contributed by atoms with van der Waals surface area (Å²) in [5.74, 6) is 0. The van der Waals surface area contributed by atoms with Gasteiger partial charge in [0, 0.05) is 5.56 Å². The Bertz CT molecular complexity index is 738. The Labute approximate surface area is 110 Å². The lowest BCUT2D eigenvalue weighted by Crippen LogP contribution is -1.84. The number of H-pyrrole nitrogens is 1. The van der Waals surface area contributed by atoms with Crippen molar-refractivity contribution in [3.8, 4) is 28.5 Å². The first kappa shape index (κ1) is 11.2. The maximum atomic E-state index is 8.99. The summed E-state index contributed by atoms with van der Waals surface area (Å²) in [6.07, 6.45) is 0. The van der Waals surface area contributed by atoms with Crippen molar-refractivity contribution in [1.82, 2.24) is 15.4 Å². The van der Waals surface area contributed by atoms with Crippen LogP contribution >= 0.6 is 0 Å². The van der Waals surface area contributed by atoms with Crippen molar-refractivity contribution in [1.29, 1.82) is 5.26 Å². The summed E-state index contributed by atoms with van der Waals surface area (Å²) in [6.45, 7) is 0. The molecule has 2 aromatic carbocycles. The minimum Gasteiger partial charge on any atom is -0.247 e. The van der Waals surface area contributed by atoms with Crippen molar-refractivity contribution in [3.63, 3.8) is 0 Å². The van der Waals surface area contributed by atoms with Gasteiger partial charge in [-0.3, -0.25) is 0 Å². The van der Waals surface area contributed by atoms with Gasteiger partial charge in [-0.2, -0.15) is 5.26 Å². The number of nitrogens with one attached hydrogen (secondary N) is 1. The van der Waals surface area contributed by atoms with Gasteiger partial charge in [-0.1, -0.05) is 53.7 Å². The lowest BCUT2D eigenvalue weighted by molar-refractivity contribution is 0.937. The lowest BCUT2D eigenvalue weighted by Gasteiger charge is -2.03. The Hall–Kier alpha value is -2.93. The normalized spacial score (nSPS) is 10.1. The summed E-state index contributed by atoms with van der Waals surface area (Å²) < 4.78 is 0. The summed E-state index contributed by atoms with van der Waals surface area (Å²) >= 11 is 0. The molecule has 1 heterocycles. The molecule has 0 saturated heterocycles.